The Labute approximate surface area is 175 Å². The lowest BCUT2D eigenvalue weighted by Gasteiger charge is -2.12. The Hall–Kier alpha value is -3.83. The Kier molecular flexibility index (Phi) is 4.94. The number of aromatic nitrogens is 3. The summed E-state index contributed by atoms with van der Waals surface area (Å²) in [6.45, 7) is 0. The molecule has 4 rings (SSSR count). The van der Waals surface area contributed by atoms with Crippen LogP contribution in [-0.2, 0) is 12.4 Å². The quantitative estimate of drug-likeness (QED) is 0.378. The van der Waals surface area contributed by atoms with Crippen molar-refractivity contribution in [1.29, 1.82) is 0 Å². The highest BCUT2D eigenvalue weighted by Gasteiger charge is 2.39. The summed E-state index contributed by atoms with van der Waals surface area (Å²) in [5.41, 5.74) is 2.93. The van der Waals surface area contributed by atoms with Crippen molar-refractivity contribution in [3.8, 4) is 11.4 Å². The average Bonchev–Trinajstić information content (AvgIpc) is 3.06. The fourth-order valence-electron chi connectivity index (χ4n) is 3.09. The van der Waals surface area contributed by atoms with Crippen molar-refractivity contribution in [2.24, 2.45) is 0 Å². The number of hydrogen-bond donors (Lipinski definition) is 2. The van der Waals surface area contributed by atoms with Crippen molar-refractivity contribution < 1.29 is 30.7 Å². The number of rotatable bonds is 3. The maximum atomic E-state index is 13.7. The molecule has 0 aliphatic rings. The predicted molar refractivity (Wildman–Crippen MR) is 103 cm³/mol. The third kappa shape index (κ3) is 4.15. The van der Waals surface area contributed by atoms with E-state index < -0.39 is 35.1 Å². The molecule has 0 fully saturated rings. The number of hydrogen-bond acceptors (Lipinski definition) is 4. The van der Waals surface area contributed by atoms with Gasteiger partial charge in [0.15, 0.2) is 5.69 Å². The first-order chi connectivity index (χ1) is 14.9. The maximum absolute atomic E-state index is 13.7. The Morgan fingerprint density at radius 3 is 2.16 bits per heavy atom. The van der Waals surface area contributed by atoms with Gasteiger partial charge in [-0.3, -0.25) is 4.40 Å². The molecular formula is C20H12F7N5. The fourth-order valence-corrected chi connectivity index (χ4v) is 3.09. The molecule has 4 aromatic rings. The third-order valence-electron chi connectivity index (χ3n) is 4.43. The minimum Gasteiger partial charge on any atom is -0.399 e. The topological polar surface area (TPSA) is 68.2 Å². The van der Waals surface area contributed by atoms with E-state index in [-0.39, 0.29) is 28.5 Å². The van der Waals surface area contributed by atoms with Gasteiger partial charge >= 0.3 is 12.4 Å². The maximum Gasteiger partial charge on any atom is 0.435 e. The highest BCUT2D eigenvalue weighted by atomic mass is 19.4. The normalized spacial score (nSPS) is 12.3. The number of halogens is 7. The molecule has 166 valence electrons. The molecule has 0 radical (unpaired) electrons. The zero-order chi connectivity index (χ0) is 23.3. The molecule has 1 aromatic carbocycles. The van der Waals surface area contributed by atoms with Gasteiger partial charge in [0, 0.05) is 23.6 Å². The summed E-state index contributed by atoms with van der Waals surface area (Å²) in [5.74, 6) is -0.823. The van der Waals surface area contributed by atoms with Crippen molar-refractivity contribution >= 4 is 22.8 Å². The molecular weight excluding hydrogens is 443 g/mol. The second kappa shape index (κ2) is 7.39. The predicted octanol–water partition coefficient (Wildman–Crippen LogP) is 5.90. The molecule has 0 aliphatic heterocycles. The summed E-state index contributed by atoms with van der Waals surface area (Å²) in [7, 11) is 0. The van der Waals surface area contributed by atoms with Crippen molar-refractivity contribution in [3.63, 3.8) is 0 Å². The second-order valence-corrected chi connectivity index (χ2v) is 6.75. The van der Waals surface area contributed by atoms with Gasteiger partial charge in [-0.25, -0.2) is 14.4 Å². The lowest BCUT2D eigenvalue weighted by Crippen LogP contribution is -2.09. The second-order valence-electron chi connectivity index (χ2n) is 6.75. The Balaban J connectivity index is 1.80. The van der Waals surface area contributed by atoms with E-state index in [0.717, 1.165) is 53.1 Å². The van der Waals surface area contributed by atoms with Crippen LogP contribution in [0.15, 0.2) is 54.7 Å². The van der Waals surface area contributed by atoms with Crippen molar-refractivity contribution in [3.05, 3.63) is 71.8 Å². The van der Waals surface area contributed by atoms with Crippen LogP contribution in [-0.4, -0.2) is 14.4 Å². The SMILES string of the molecule is Nc1cc(Nc2ccc(C(F)(F)F)cc2)nc(-c2c(C(F)(F)F)nc3ccc(F)cn23)c1. The Bertz CT molecular complexity index is 1290. The standard InChI is InChI=1S/C20H12F7N5/c21-11-3-6-16-31-18(20(25,26)27)17(32(16)9-11)14-7-12(28)8-15(30-14)29-13-4-1-10(2-5-13)19(22,23)24/h1-9H,(H3,28,29,30). The van der Waals surface area contributed by atoms with Gasteiger partial charge in [0.25, 0.3) is 0 Å². The molecule has 0 saturated heterocycles. The van der Waals surface area contributed by atoms with Gasteiger partial charge in [-0.2, -0.15) is 26.3 Å². The summed E-state index contributed by atoms with van der Waals surface area (Å²) in [5, 5.41) is 2.70. The number of alkyl halides is 6. The van der Waals surface area contributed by atoms with E-state index >= 15 is 0 Å². The van der Waals surface area contributed by atoms with E-state index in [2.05, 4.69) is 15.3 Å². The first kappa shape index (κ1) is 21.4. The molecule has 0 saturated carbocycles. The summed E-state index contributed by atoms with van der Waals surface area (Å²) in [4.78, 5) is 7.64. The molecule has 0 atom stereocenters. The smallest absolute Gasteiger partial charge is 0.399 e. The largest absolute Gasteiger partial charge is 0.435 e. The number of nitrogens with two attached hydrogens (primary N) is 1. The molecule has 0 spiro atoms. The van der Waals surface area contributed by atoms with Gasteiger partial charge in [-0.05, 0) is 42.5 Å². The lowest BCUT2D eigenvalue weighted by atomic mass is 10.2. The molecule has 0 amide bonds. The summed E-state index contributed by atoms with van der Waals surface area (Å²) < 4.78 is 93.7. The minimum absolute atomic E-state index is 0.0175. The van der Waals surface area contributed by atoms with Crippen LogP contribution >= 0.6 is 0 Å². The monoisotopic (exact) mass is 455 g/mol. The molecule has 3 N–H and O–H groups in total. The van der Waals surface area contributed by atoms with Crippen LogP contribution in [0.3, 0.4) is 0 Å². The highest BCUT2D eigenvalue weighted by molar-refractivity contribution is 5.71. The molecule has 3 aromatic heterocycles. The average molecular weight is 455 g/mol. The summed E-state index contributed by atoms with van der Waals surface area (Å²) >= 11 is 0. The van der Waals surface area contributed by atoms with Gasteiger partial charge in [0.1, 0.15) is 23.0 Å². The van der Waals surface area contributed by atoms with Gasteiger partial charge < -0.3 is 11.1 Å². The van der Waals surface area contributed by atoms with E-state index in [1.165, 1.54) is 6.07 Å². The fraction of sp³-hybridized carbons (Fsp3) is 0.100. The number of benzene rings is 1. The van der Waals surface area contributed by atoms with Crippen LogP contribution in [0.5, 0.6) is 0 Å². The summed E-state index contributed by atoms with van der Waals surface area (Å²) in [6.07, 6.45) is -8.56. The molecule has 0 aliphatic carbocycles. The van der Waals surface area contributed by atoms with E-state index in [1.807, 2.05) is 0 Å². The first-order valence-corrected chi connectivity index (χ1v) is 8.89. The van der Waals surface area contributed by atoms with E-state index in [9.17, 15) is 30.7 Å². The van der Waals surface area contributed by atoms with Crippen LogP contribution in [0.1, 0.15) is 11.3 Å². The molecule has 32 heavy (non-hydrogen) atoms. The first-order valence-electron chi connectivity index (χ1n) is 8.89. The van der Waals surface area contributed by atoms with Crippen molar-refractivity contribution in [2.45, 2.75) is 12.4 Å². The molecule has 0 bridgehead atoms. The number of anilines is 3. The van der Waals surface area contributed by atoms with Crippen molar-refractivity contribution in [1.82, 2.24) is 14.4 Å². The third-order valence-corrected chi connectivity index (χ3v) is 4.43. The van der Waals surface area contributed by atoms with Gasteiger partial charge in [0.2, 0.25) is 0 Å². The Morgan fingerprint density at radius 1 is 0.844 bits per heavy atom. The highest BCUT2D eigenvalue weighted by Crippen LogP contribution is 2.38. The van der Waals surface area contributed by atoms with E-state index in [0.29, 0.717) is 0 Å². The van der Waals surface area contributed by atoms with Crippen LogP contribution in [0.25, 0.3) is 17.0 Å². The molecule has 12 heteroatoms. The van der Waals surface area contributed by atoms with Crippen LogP contribution in [0.4, 0.5) is 47.9 Å². The van der Waals surface area contributed by atoms with E-state index in [1.54, 1.807) is 0 Å². The molecule has 0 unspecified atom stereocenters. The number of nitrogen functional groups attached to an aromatic ring is 1. The van der Waals surface area contributed by atoms with Gasteiger partial charge in [-0.15, -0.1) is 0 Å². The zero-order valence-corrected chi connectivity index (χ0v) is 15.8. The number of imidazole rings is 1. The van der Waals surface area contributed by atoms with Gasteiger partial charge in [-0.1, -0.05) is 0 Å². The zero-order valence-electron chi connectivity index (χ0n) is 15.8. The number of nitrogens with one attached hydrogen (secondary N) is 1. The Morgan fingerprint density at radius 2 is 1.53 bits per heavy atom. The molecule has 3 heterocycles. The minimum atomic E-state index is -4.87. The number of fused-ring (bicyclic) bond motifs is 1. The van der Waals surface area contributed by atoms with Crippen LogP contribution in [0, 0.1) is 5.82 Å². The lowest BCUT2D eigenvalue weighted by molar-refractivity contribution is -0.140. The number of pyridine rings is 2. The summed E-state index contributed by atoms with van der Waals surface area (Å²) in [6, 6.07) is 8.45. The van der Waals surface area contributed by atoms with Crippen LogP contribution in [0.2, 0.25) is 0 Å². The van der Waals surface area contributed by atoms with Gasteiger partial charge in [0.05, 0.1) is 11.3 Å². The molecule has 5 nitrogen and oxygen atoms in total. The van der Waals surface area contributed by atoms with E-state index in [4.69, 9.17) is 5.73 Å². The van der Waals surface area contributed by atoms with Crippen molar-refractivity contribution in [2.75, 3.05) is 11.1 Å². The number of nitrogens with zero attached hydrogens (tertiary/aromatic N) is 3. The van der Waals surface area contributed by atoms with Crippen LogP contribution < -0.4 is 11.1 Å².